The number of rotatable bonds is 8. The Balaban J connectivity index is 1.50. The van der Waals surface area contributed by atoms with Gasteiger partial charge in [-0.15, -0.1) is 10.2 Å². The Morgan fingerprint density at radius 1 is 1.23 bits per heavy atom. The number of hydrogen-bond donors (Lipinski definition) is 2. The molecule has 1 aliphatic heterocycles. The summed E-state index contributed by atoms with van der Waals surface area (Å²) in [6.45, 7) is 3.70. The van der Waals surface area contributed by atoms with E-state index < -0.39 is 12.5 Å². The predicted octanol–water partition coefficient (Wildman–Crippen LogP) is 3.59. The molecule has 3 aromatic heterocycles. The van der Waals surface area contributed by atoms with Crippen molar-refractivity contribution >= 4 is 28.4 Å². The summed E-state index contributed by atoms with van der Waals surface area (Å²) in [7, 11) is 1.51. The quantitative estimate of drug-likeness (QED) is 0.349. The van der Waals surface area contributed by atoms with Gasteiger partial charge in [-0.2, -0.15) is 8.78 Å². The number of aliphatic hydroxyl groups is 1. The molecule has 1 aromatic carbocycles. The first-order chi connectivity index (χ1) is 18.7. The number of carbonyl (C=O) groups is 1. The molecule has 206 valence electrons. The molecule has 4 aromatic rings. The maximum Gasteiger partial charge on any atom is 0.295 e. The number of aromatic nitrogens is 5. The molecule has 4 heterocycles. The first kappa shape index (κ1) is 26.8. The largest absolute Gasteiger partial charge is 0.390 e. The van der Waals surface area contributed by atoms with Crippen LogP contribution in [0.15, 0.2) is 36.7 Å². The number of benzene rings is 1. The van der Waals surface area contributed by atoms with Gasteiger partial charge < -0.3 is 20.1 Å². The zero-order valence-electron chi connectivity index (χ0n) is 22.1. The van der Waals surface area contributed by atoms with Gasteiger partial charge in [0.1, 0.15) is 31.2 Å². The molecule has 0 aliphatic carbocycles. The van der Waals surface area contributed by atoms with Crippen LogP contribution in [0.4, 0.5) is 14.6 Å². The van der Waals surface area contributed by atoms with Gasteiger partial charge >= 0.3 is 0 Å². The number of pyridine rings is 1. The summed E-state index contributed by atoms with van der Waals surface area (Å²) in [4.78, 5) is 23.4. The smallest absolute Gasteiger partial charge is 0.295 e. The molecular weight excluding hydrogens is 508 g/mol. The monoisotopic (exact) mass is 539 g/mol. The third-order valence-corrected chi connectivity index (χ3v) is 7.29. The second-order valence-electron chi connectivity index (χ2n) is 9.92. The van der Waals surface area contributed by atoms with Crippen molar-refractivity contribution in [2.24, 2.45) is 0 Å². The molecule has 12 heteroatoms. The molecule has 2 N–H and O–H groups in total. The number of anilines is 1. The van der Waals surface area contributed by atoms with E-state index in [0.717, 1.165) is 23.8 Å². The van der Waals surface area contributed by atoms with Gasteiger partial charge in [-0.3, -0.25) is 9.20 Å². The van der Waals surface area contributed by atoms with Crippen molar-refractivity contribution in [3.05, 3.63) is 59.2 Å². The van der Waals surface area contributed by atoms with Gasteiger partial charge in [-0.25, -0.2) is 9.97 Å². The highest BCUT2D eigenvalue weighted by atomic mass is 19.3. The summed E-state index contributed by atoms with van der Waals surface area (Å²) in [6, 6.07) is 7.67. The number of methoxy groups -OCH3 is 1. The van der Waals surface area contributed by atoms with E-state index in [1.807, 2.05) is 22.3 Å². The number of nitrogens with one attached hydrogen (secondary N) is 1. The predicted molar refractivity (Wildman–Crippen MR) is 141 cm³/mol. The maximum absolute atomic E-state index is 14.1. The molecular formula is C27H31F2N7O3. The van der Waals surface area contributed by atoms with Crippen molar-refractivity contribution in [2.45, 2.75) is 44.6 Å². The van der Waals surface area contributed by atoms with E-state index in [9.17, 15) is 13.6 Å². The second kappa shape index (κ2) is 10.8. The van der Waals surface area contributed by atoms with Crippen molar-refractivity contribution in [3.8, 4) is 0 Å². The van der Waals surface area contributed by atoms with E-state index in [2.05, 4.69) is 25.5 Å². The number of hydrogen-bond acceptors (Lipinski definition) is 8. The molecule has 0 saturated carbocycles. The highest BCUT2D eigenvalue weighted by molar-refractivity contribution is 5.90. The van der Waals surface area contributed by atoms with E-state index >= 15 is 0 Å². The zero-order valence-corrected chi connectivity index (χ0v) is 22.1. The van der Waals surface area contributed by atoms with Gasteiger partial charge in [0, 0.05) is 37.4 Å². The van der Waals surface area contributed by atoms with Crippen LogP contribution >= 0.6 is 0 Å². The van der Waals surface area contributed by atoms with Gasteiger partial charge in [0.2, 0.25) is 5.91 Å². The minimum atomic E-state index is -3.33. The highest BCUT2D eigenvalue weighted by Gasteiger charge is 2.31. The summed E-state index contributed by atoms with van der Waals surface area (Å²) < 4.78 is 35.1. The molecule has 0 bridgehead atoms. The first-order valence-electron chi connectivity index (χ1n) is 12.8. The number of amides is 1. The van der Waals surface area contributed by atoms with Crippen LogP contribution in [-0.2, 0) is 15.5 Å². The van der Waals surface area contributed by atoms with Crippen LogP contribution in [0.1, 0.15) is 54.2 Å². The molecule has 0 radical (unpaired) electrons. The van der Waals surface area contributed by atoms with Gasteiger partial charge in [0.05, 0.1) is 5.39 Å². The number of carbonyl (C=O) groups excluding carboxylic acids is 1. The molecule has 39 heavy (non-hydrogen) atoms. The normalized spacial score (nSPS) is 15.7. The van der Waals surface area contributed by atoms with Crippen LogP contribution in [-0.4, -0.2) is 73.9 Å². The summed E-state index contributed by atoms with van der Waals surface area (Å²) in [5, 5.41) is 21.8. The van der Waals surface area contributed by atoms with Crippen LogP contribution in [0.25, 0.3) is 16.7 Å². The van der Waals surface area contributed by atoms with Crippen LogP contribution in [0.3, 0.4) is 0 Å². The topological polar surface area (TPSA) is 118 Å². The Morgan fingerprint density at radius 2 is 2.00 bits per heavy atom. The second-order valence-corrected chi connectivity index (χ2v) is 9.92. The van der Waals surface area contributed by atoms with Crippen LogP contribution in [0.2, 0.25) is 0 Å². The SMILES string of the molecule is COCC(=O)N1CCC(c2cc3c(N[C@H](C)c4cccc(C(F)(F)CO)c4)nc(C)nc3n3cnnc23)CC1. The summed E-state index contributed by atoms with van der Waals surface area (Å²) in [6.07, 6.45) is 3.15. The van der Waals surface area contributed by atoms with E-state index in [0.29, 0.717) is 41.6 Å². The van der Waals surface area contributed by atoms with E-state index in [1.165, 1.54) is 19.2 Å². The van der Waals surface area contributed by atoms with Crippen molar-refractivity contribution in [2.75, 3.05) is 38.7 Å². The van der Waals surface area contributed by atoms with Crippen molar-refractivity contribution in [3.63, 3.8) is 0 Å². The lowest BCUT2D eigenvalue weighted by Gasteiger charge is -2.32. The molecule has 1 saturated heterocycles. The Morgan fingerprint density at radius 3 is 2.72 bits per heavy atom. The third kappa shape index (κ3) is 5.26. The van der Waals surface area contributed by atoms with E-state index in [-0.39, 0.29) is 30.0 Å². The number of piperidine rings is 1. The fourth-order valence-electron chi connectivity index (χ4n) is 5.17. The average molecular weight is 540 g/mol. The van der Waals surface area contributed by atoms with Crippen molar-refractivity contribution < 1.29 is 23.4 Å². The average Bonchev–Trinajstić information content (AvgIpc) is 3.43. The molecule has 1 atom stereocenters. The number of aliphatic hydroxyl groups excluding tert-OH is 1. The van der Waals surface area contributed by atoms with E-state index in [4.69, 9.17) is 9.84 Å². The Bertz CT molecular complexity index is 1500. The number of likely N-dealkylation sites (tertiary alicyclic amines) is 1. The molecule has 1 amide bonds. The number of fused-ring (bicyclic) bond motifs is 3. The van der Waals surface area contributed by atoms with Gasteiger partial charge in [0.25, 0.3) is 5.92 Å². The summed E-state index contributed by atoms with van der Waals surface area (Å²) in [5.74, 6) is -2.10. The standard InChI is InChI=1S/C27H31F2N7O3/c1-16(19-5-4-6-20(11-19)27(28,29)14-37)31-24-22-12-21(18-7-9-35(10-8-18)23(38)13-39-3)26-34-30-15-36(26)25(22)33-17(2)32-24/h4-6,11-12,15-16,18,37H,7-10,13-14H2,1-3H3,(H,31,32,33)/t16-/m1/s1. The Labute approximate surface area is 224 Å². The Hall–Kier alpha value is -3.77. The fourth-order valence-corrected chi connectivity index (χ4v) is 5.17. The lowest BCUT2D eigenvalue weighted by Crippen LogP contribution is -2.39. The molecule has 10 nitrogen and oxygen atoms in total. The summed E-state index contributed by atoms with van der Waals surface area (Å²) >= 11 is 0. The molecule has 0 spiro atoms. The number of nitrogens with zero attached hydrogens (tertiary/aromatic N) is 6. The van der Waals surface area contributed by atoms with Crippen LogP contribution in [0.5, 0.6) is 0 Å². The summed E-state index contributed by atoms with van der Waals surface area (Å²) in [5.41, 5.74) is 2.72. The fraction of sp³-hybridized carbons (Fsp3) is 0.444. The molecule has 5 rings (SSSR count). The zero-order chi connectivity index (χ0) is 27.7. The van der Waals surface area contributed by atoms with Crippen LogP contribution in [0, 0.1) is 6.92 Å². The Kier molecular flexibility index (Phi) is 7.41. The lowest BCUT2D eigenvalue weighted by atomic mass is 9.89. The molecule has 0 unspecified atom stereocenters. The molecule has 1 aliphatic rings. The van der Waals surface area contributed by atoms with Crippen molar-refractivity contribution in [1.82, 2.24) is 29.5 Å². The minimum Gasteiger partial charge on any atom is -0.390 e. The lowest BCUT2D eigenvalue weighted by molar-refractivity contribution is -0.136. The third-order valence-electron chi connectivity index (χ3n) is 7.29. The van der Waals surface area contributed by atoms with Crippen molar-refractivity contribution in [1.29, 1.82) is 0 Å². The van der Waals surface area contributed by atoms with Gasteiger partial charge in [0.15, 0.2) is 11.3 Å². The van der Waals surface area contributed by atoms with Gasteiger partial charge in [-0.1, -0.05) is 18.2 Å². The molecule has 1 fully saturated rings. The number of halogens is 2. The number of aryl methyl sites for hydroxylation is 1. The van der Waals surface area contributed by atoms with Gasteiger partial charge in [-0.05, 0) is 50.3 Å². The number of alkyl halides is 2. The number of ether oxygens (including phenoxy) is 1. The van der Waals surface area contributed by atoms with Crippen LogP contribution < -0.4 is 5.32 Å². The first-order valence-corrected chi connectivity index (χ1v) is 12.8. The minimum absolute atomic E-state index is 0.0211. The maximum atomic E-state index is 14.1. The van der Waals surface area contributed by atoms with E-state index in [1.54, 1.807) is 25.4 Å². The highest BCUT2D eigenvalue weighted by Crippen LogP contribution is 2.35.